The molecule has 13 heteroatoms. The molecule has 0 aromatic heterocycles. The average Bonchev–Trinajstić information content (AvgIpc) is 3.05. The van der Waals surface area contributed by atoms with E-state index in [-0.39, 0.29) is 44.1 Å². The van der Waals surface area contributed by atoms with Gasteiger partial charge < -0.3 is 35.1 Å². The number of amides is 3. The van der Waals surface area contributed by atoms with Gasteiger partial charge in [0, 0.05) is 32.4 Å². The molecule has 0 aliphatic rings. The first-order valence-corrected chi connectivity index (χ1v) is 18.0. The molecule has 0 rings (SSSR count). The molecule has 0 unspecified atom stereocenters. The second-order valence-corrected chi connectivity index (χ2v) is 11.7. The molecule has 0 atom stereocenters. The number of ether oxygens (including phenoxy) is 3. The number of aliphatic hydroxyl groups is 1. The van der Waals surface area contributed by atoms with Crippen molar-refractivity contribution in [2.75, 3.05) is 65.9 Å². The van der Waals surface area contributed by atoms with Crippen LogP contribution in [0.3, 0.4) is 0 Å². The molecular formula is C34H65N3O10. The quantitative estimate of drug-likeness (QED) is 0.0473. The zero-order valence-electron chi connectivity index (χ0n) is 28.9. The van der Waals surface area contributed by atoms with Crippen LogP contribution in [-0.4, -0.2) is 99.8 Å². The third-order valence-corrected chi connectivity index (χ3v) is 7.36. The summed E-state index contributed by atoms with van der Waals surface area (Å²) >= 11 is 0. The molecule has 47 heavy (non-hydrogen) atoms. The van der Waals surface area contributed by atoms with Crippen molar-refractivity contribution in [2.24, 2.45) is 0 Å². The van der Waals surface area contributed by atoms with Gasteiger partial charge in [-0.05, 0) is 25.7 Å². The van der Waals surface area contributed by atoms with Crippen LogP contribution in [0.1, 0.15) is 128 Å². The summed E-state index contributed by atoms with van der Waals surface area (Å²) < 4.78 is 15.6. The van der Waals surface area contributed by atoms with E-state index in [1.165, 1.54) is 51.4 Å². The highest BCUT2D eigenvalue weighted by atomic mass is 16.6. The van der Waals surface area contributed by atoms with Crippen LogP contribution in [0.15, 0.2) is 0 Å². The number of hydrogen-bond acceptors (Lipinski definition) is 9. The summed E-state index contributed by atoms with van der Waals surface area (Å²) in [5.41, 5.74) is 2.51. The minimum absolute atomic E-state index is 0.0339. The standard InChI is InChI=1S/C34H65N3O10/c38-23-27-44-25-22-36-33(41)30-46-29-28-45-26-21-35-31(39)18-15-13-17-24-47-37-32(40)19-14-11-9-7-5-3-1-2-4-6-8-10-12-16-20-34(42)43/h38H,1-30H2,(H,35,39)(H,36,41)(H,37,40)(H,42,43). The minimum Gasteiger partial charge on any atom is -0.481 e. The van der Waals surface area contributed by atoms with Gasteiger partial charge in [0.25, 0.3) is 0 Å². The Labute approximate surface area is 282 Å². The summed E-state index contributed by atoms with van der Waals surface area (Å²) in [4.78, 5) is 51.1. The number of hydroxylamine groups is 1. The fourth-order valence-electron chi connectivity index (χ4n) is 4.72. The third-order valence-electron chi connectivity index (χ3n) is 7.36. The second-order valence-electron chi connectivity index (χ2n) is 11.7. The van der Waals surface area contributed by atoms with E-state index in [4.69, 9.17) is 29.3 Å². The largest absolute Gasteiger partial charge is 0.481 e. The lowest BCUT2D eigenvalue weighted by Crippen LogP contribution is -2.31. The van der Waals surface area contributed by atoms with Gasteiger partial charge in [0.1, 0.15) is 6.61 Å². The molecule has 0 fully saturated rings. The van der Waals surface area contributed by atoms with Gasteiger partial charge >= 0.3 is 5.97 Å². The molecule has 0 aliphatic heterocycles. The molecule has 3 amide bonds. The van der Waals surface area contributed by atoms with E-state index in [1.807, 2.05) is 0 Å². The summed E-state index contributed by atoms with van der Waals surface area (Å²) in [7, 11) is 0. The number of aliphatic hydroxyl groups excluding tert-OH is 1. The van der Waals surface area contributed by atoms with Gasteiger partial charge in [0.15, 0.2) is 0 Å². The Morgan fingerprint density at radius 1 is 0.447 bits per heavy atom. The molecule has 0 saturated heterocycles. The number of carboxylic acid groups (broad SMARTS) is 1. The molecule has 13 nitrogen and oxygen atoms in total. The van der Waals surface area contributed by atoms with Crippen molar-refractivity contribution in [3.8, 4) is 0 Å². The van der Waals surface area contributed by atoms with Crippen LogP contribution in [0.2, 0.25) is 0 Å². The van der Waals surface area contributed by atoms with Crippen molar-refractivity contribution in [3.63, 3.8) is 0 Å². The second kappa shape index (κ2) is 36.5. The lowest BCUT2D eigenvalue weighted by atomic mass is 10.0. The third kappa shape index (κ3) is 38.0. The Kier molecular flexibility index (Phi) is 34.7. The maximum absolute atomic E-state index is 11.9. The number of carboxylic acids is 1. The number of unbranched alkanes of at least 4 members (excludes halogenated alkanes) is 15. The fourth-order valence-corrected chi connectivity index (χ4v) is 4.72. The summed E-state index contributed by atoms with van der Waals surface area (Å²) in [5, 5.41) is 22.7. The first-order chi connectivity index (χ1) is 23.0. The lowest BCUT2D eigenvalue weighted by molar-refractivity contribution is -0.137. The molecule has 0 radical (unpaired) electrons. The lowest BCUT2D eigenvalue weighted by Gasteiger charge is -2.08. The van der Waals surface area contributed by atoms with Gasteiger partial charge in [-0.15, -0.1) is 0 Å². The maximum Gasteiger partial charge on any atom is 0.303 e. The average molecular weight is 676 g/mol. The van der Waals surface area contributed by atoms with Crippen LogP contribution in [0, 0.1) is 0 Å². The molecule has 0 aromatic carbocycles. The first kappa shape index (κ1) is 44.7. The Bertz CT molecular complexity index is 758. The van der Waals surface area contributed by atoms with Crippen molar-refractivity contribution < 1.29 is 48.4 Å². The number of nitrogens with one attached hydrogen (secondary N) is 3. The van der Waals surface area contributed by atoms with Gasteiger partial charge in [-0.3, -0.25) is 24.0 Å². The van der Waals surface area contributed by atoms with Gasteiger partial charge in [-0.25, -0.2) is 5.48 Å². The molecular weight excluding hydrogens is 610 g/mol. The van der Waals surface area contributed by atoms with Crippen molar-refractivity contribution >= 4 is 23.7 Å². The first-order valence-electron chi connectivity index (χ1n) is 18.0. The van der Waals surface area contributed by atoms with Gasteiger partial charge in [-0.1, -0.05) is 83.5 Å². The van der Waals surface area contributed by atoms with Gasteiger partial charge in [-0.2, -0.15) is 0 Å². The van der Waals surface area contributed by atoms with Gasteiger partial charge in [0.05, 0.1) is 46.2 Å². The van der Waals surface area contributed by atoms with E-state index >= 15 is 0 Å². The maximum atomic E-state index is 11.9. The highest BCUT2D eigenvalue weighted by molar-refractivity contribution is 5.77. The summed E-state index contributed by atoms with van der Waals surface area (Å²) in [6, 6.07) is 0. The molecule has 0 aliphatic carbocycles. The van der Waals surface area contributed by atoms with Crippen molar-refractivity contribution in [1.82, 2.24) is 16.1 Å². The number of carbonyl (C=O) groups is 4. The molecule has 0 bridgehead atoms. The normalized spacial score (nSPS) is 11.0. The Hall–Kier alpha value is -2.32. The van der Waals surface area contributed by atoms with Crippen molar-refractivity contribution in [3.05, 3.63) is 0 Å². The van der Waals surface area contributed by atoms with E-state index in [9.17, 15) is 19.2 Å². The monoisotopic (exact) mass is 675 g/mol. The minimum atomic E-state index is -0.691. The van der Waals surface area contributed by atoms with Crippen LogP contribution in [0.5, 0.6) is 0 Å². The van der Waals surface area contributed by atoms with Crippen molar-refractivity contribution in [1.29, 1.82) is 0 Å². The zero-order valence-corrected chi connectivity index (χ0v) is 28.9. The molecule has 0 heterocycles. The molecule has 0 spiro atoms. The fraction of sp³-hybridized carbons (Fsp3) is 0.882. The summed E-state index contributed by atoms with van der Waals surface area (Å²) in [5.74, 6) is -1.05. The summed E-state index contributed by atoms with van der Waals surface area (Å²) in [6.45, 7) is 2.62. The molecule has 276 valence electrons. The predicted octanol–water partition coefficient (Wildman–Crippen LogP) is 4.20. The highest BCUT2D eigenvalue weighted by Crippen LogP contribution is 2.13. The zero-order chi connectivity index (χ0) is 34.5. The van der Waals surface area contributed by atoms with Crippen LogP contribution in [0.4, 0.5) is 0 Å². The van der Waals surface area contributed by atoms with E-state index in [2.05, 4.69) is 16.1 Å². The SMILES string of the molecule is O=C(O)CCCCCCCCCCCCCCCCC(=O)NOCCCCCC(=O)NCCOCCOCC(=O)NCCOCCO. The van der Waals surface area contributed by atoms with E-state index in [0.29, 0.717) is 58.8 Å². The Balaban J connectivity index is 3.30. The van der Waals surface area contributed by atoms with Crippen LogP contribution >= 0.6 is 0 Å². The predicted molar refractivity (Wildman–Crippen MR) is 180 cm³/mol. The summed E-state index contributed by atoms with van der Waals surface area (Å²) in [6.07, 6.45) is 19.7. The van der Waals surface area contributed by atoms with Crippen LogP contribution in [-0.2, 0) is 38.2 Å². The Morgan fingerprint density at radius 2 is 0.894 bits per heavy atom. The van der Waals surface area contributed by atoms with E-state index in [1.54, 1.807) is 0 Å². The van der Waals surface area contributed by atoms with Crippen molar-refractivity contribution in [2.45, 2.75) is 128 Å². The number of hydrogen-bond donors (Lipinski definition) is 5. The van der Waals surface area contributed by atoms with Gasteiger partial charge in [0.2, 0.25) is 17.7 Å². The number of carbonyl (C=O) groups excluding carboxylic acids is 3. The molecule has 0 aromatic rings. The number of rotatable bonds is 37. The van der Waals surface area contributed by atoms with Crippen LogP contribution < -0.4 is 16.1 Å². The Morgan fingerprint density at radius 3 is 1.45 bits per heavy atom. The van der Waals surface area contributed by atoms with E-state index < -0.39 is 5.97 Å². The molecule has 0 saturated carbocycles. The van der Waals surface area contributed by atoms with Crippen LogP contribution in [0.25, 0.3) is 0 Å². The highest BCUT2D eigenvalue weighted by Gasteiger charge is 2.04. The topological polar surface area (TPSA) is 182 Å². The smallest absolute Gasteiger partial charge is 0.303 e. The number of aliphatic carboxylic acids is 1. The molecule has 5 N–H and O–H groups in total. The van der Waals surface area contributed by atoms with E-state index in [0.717, 1.165) is 57.8 Å².